The lowest BCUT2D eigenvalue weighted by atomic mass is 9.76. The van der Waals surface area contributed by atoms with Crippen molar-refractivity contribution in [1.29, 1.82) is 0 Å². The van der Waals surface area contributed by atoms with E-state index in [-0.39, 0.29) is 0 Å². The highest BCUT2D eigenvalue weighted by Gasteiger charge is 2.38. The average Bonchev–Trinajstić information content (AvgIpc) is 3.10. The number of ether oxygens (including phenoxy) is 1. The second kappa shape index (κ2) is 8.65. The molecule has 0 bridgehead atoms. The van der Waals surface area contributed by atoms with Crippen LogP contribution in [0.15, 0.2) is 9.52 Å². The van der Waals surface area contributed by atoms with Crippen LogP contribution in [0.4, 0.5) is 0 Å². The van der Waals surface area contributed by atoms with Crippen LogP contribution in [0.5, 0.6) is 0 Å². The summed E-state index contributed by atoms with van der Waals surface area (Å²) in [6, 6.07) is 0. The van der Waals surface area contributed by atoms with E-state index in [1.54, 1.807) is 0 Å². The standard InChI is InChI=1S/C18H31N5O2/c1-3-16-21-15(22-25-16)7-10-20-17(19-4-2)23-11-5-8-18(13-23)9-6-12-24-14-18/h3-14H2,1-2H3,(H,19,20). The van der Waals surface area contributed by atoms with Gasteiger partial charge < -0.3 is 19.5 Å². The first kappa shape index (κ1) is 18.2. The molecule has 25 heavy (non-hydrogen) atoms. The molecule has 2 aliphatic rings. The summed E-state index contributed by atoms with van der Waals surface area (Å²) in [5.41, 5.74) is 0.316. The molecule has 1 atom stereocenters. The lowest BCUT2D eigenvalue weighted by Gasteiger charge is -2.45. The topological polar surface area (TPSA) is 75.8 Å². The molecule has 7 heteroatoms. The summed E-state index contributed by atoms with van der Waals surface area (Å²) in [6.07, 6.45) is 6.41. The number of aryl methyl sites for hydroxylation is 1. The highest BCUT2D eigenvalue weighted by atomic mass is 16.5. The number of hydrogen-bond donors (Lipinski definition) is 1. The van der Waals surface area contributed by atoms with Gasteiger partial charge in [-0.2, -0.15) is 4.98 Å². The van der Waals surface area contributed by atoms with Gasteiger partial charge in [-0.3, -0.25) is 4.99 Å². The molecule has 3 heterocycles. The molecule has 1 spiro atoms. The van der Waals surface area contributed by atoms with Gasteiger partial charge in [-0.05, 0) is 32.6 Å². The quantitative estimate of drug-likeness (QED) is 0.647. The van der Waals surface area contributed by atoms with Gasteiger partial charge in [0.15, 0.2) is 11.8 Å². The van der Waals surface area contributed by atoms with Gasteiger partial charge in [0.1, 0.15) is 0 Å². The molecule has 0 saturated carbocycles. The van der Waals surface area contributed by atoms with Crippen molar-refractivity contribution in [3.63, 3.8) is 0 Å². The van der Waals surface area contributed by atoms with E-state index in [1.165, 1.54) is 25.7 Å². The minimum atomic E-state index is 0.316. The Labute approximate surface area is 150 Å². The summed E-state index contributed by atoms with van der Waals surface area (Å²) in [5, 5.41) is 7.45. The molecular weight excluding hydrogens is 318 g/mol. The highest BCUT2D eigenvalue weighted by Crippen LogP contribution is 2.37. The number of hydrogen-bond acceptors (Lipinski definition) is 5. The van der Waals surface area contributed by atoms with Crippen molar-refractivity contribution in [3.8, 4) is 0 Å². The van der Waals surface area contributed by atoms with Gasteiger partial charge in [0.05, 0.1) is 6.61 Å². The van der Waals surface area contributed by atoms with Crippen molar-refractivity contribution < 1.29 is 9.26 Å². The molecule has 1 aromatic rings. The molecule has 0 aromatic carbocycles. The molecule has 1 unspecified atom stereocenters. The van der Waals surface area contributed by atoms with Crippen LogP contribution >= 0.6 is 0 Å². The minimum absolute atomic E-state index is 0.316. The minimum Gasteiger partial charge on any atom is -0.381 e. The first-order chi connectivity index (χ1) is 12.2. The first-order valence-corrected chi connectivity index (χ1v) is 9.67. The number of rotatable bonds is 5. The third-order valence-corrected chi connectivity index (χ3v) is 5.11. The Balaban J connectivity index is 1.60. The zero-order valence-corrected chi connectivity index (χ0v) is 15.6. The van der Waals surface area contributed by atoms with E-state index in [9.17, 15) is 0 Å². The van der Waals surface area contributed by atoms with Crippen molar-refractivity contribution in [2.75, 3.05) is 39.4 Å². The van der Waals surface area contributed by atoms with Gasteiger partial charge in [-0.1, -0.05) is 12.1 Å². The number of nitrogens with zero attached hydrogens (tertiary/aromatic N) is 4. The third kappa shape index (κ3) is 4.71. The molecule has 7 nitrogen and oxygen atoms in total. The maximum atomic E-state index is 5.79. The summed E-state index contributed by atoms with van der Waals surface area (Å²) in [6.45, 7) is 9.60. The summed E-state index contributed by atoms with van der Waals surface area (Å²) in [4.78, 5) is 11.6. The Morgan fingerprint density at radius 3 is 2.92 bits per heavy atom. The van der Waals surface area contributed by atoms with Crippen molar-refractivity contribution in [3.05, 3.63) is 11.7 Å². The maximum absolute atomic E-state index is 5.79. The molecule has 0 radical (unpaired) electrons. The van der Waals surface area contributed by atoms with E-state index in [0.29, 0.717) is 24.3 Å². The van der Waals surface area contributed by atoms with Crippen molar-refractivity contribution >= 4 is 5.96 Å². The Bertz CT molecular complexity index is 560. The largest absolute Gasteiger partial charge is 0.381 e. The molecule has 2 fully saturated rings. The van der Waals surface area contributed by atoms with E-state index in [4.69, 9.17) is 14.3 Å². The number of aliphatic imine (C=N–C) groups is 1. The lowest BCUT2D eigenvalue weighted by Crippen LogP contribution is -2.53. The van der Waals surface area contributed by atoms with Crippen LogP contribution in [0.1, 0.15) is 51.2 Å². The summed E-state index contributed by atoms with van der Waals surface area (Å²) in [5.74, 6) is 2.44. The fourth-order valence-electron chi connectivity index (χ4n) is 3.84. The molecule has 0 aliphatic carbocycles. The van der Waals surface area contributed by atoms with Crippen LogP contribution in [-0.4, -0.2) is 60.4 Å². The summed E-state index contributed by atoms with van der Waals surface area (Å²) < 4.78 is 10.9. The number of nitrogens with one attached hydrogen (secondary N) is 1. The SMILES string of the molecule is CCNC(=NCCc1noc(CC)n1)N1CCCC2(CCCOC2)C1. The Morgan fingerprint density at radius 2 is 2.20 bits per heavy atom. The number of aromatic nitrogens is 2. The Kier molecular flexibility index (Phi) is 6.29. The van der Waals surface area contributed by atoms with Crippen LogP contribution in [0, 0.1) is 5.41 Å². The van der Waals surface area contributed by atoms with Gasteiger partial charge in [0, 0.05) is 51.0 Å². The molecule has 1 N–H and O–H groups in total. The average molecular weight is 349 g/mol. The highest BCUT2D eigenvalue weighted by molar-refractivity contribution is 5.80. The first-order valence-electron chi connectivity index (χ1n) is 9.67. The normalized spacial score (nSPS) is 24.7. The van der Waals surface area contributed by atoms with Crippen LogP contribution in [-0.2, 0) is 17.6 Å². The van der Waals surface area contributed by atoms with Crippen LogP contribution in [0.2, 0.25) is 0 Å². The van der Waals surface area contributed by atoms with Crippen molar-refractivity contribution in [2.24, 2.45) is 10.4 Å². The van der Waals surface area contributed by atoms with E-state index in [0.717, 1.165) is 51.1 Å². The second-order valence-electron chi connectivity index (χ2n) is 7.12. The summed E-state index contributed by atoms with van der Waals surface area (Å²) >= 11 is 0. The van der Waals surface area contributed by atoms with E-state index in [2.05, 4.69) is 27.3 Å². The lowest BCUT2D eigenvalue weighted by molar-refractivity contribution is -0.0370. The third-order valence-electron chi connectivity index (χ3n) is 5.11. The molecule has 2 aliphatic heterocycles. The molecule has 0 amide bonds. The molecule has 140 valence electrons. The zero-order chi connectivity index (χ0) is 17.5. The maximum Gasteiger partial charge on any atom is 0.226 e. The van der Waals surface area contributed by atoms with E-state index >= 15 is 0 Å². The number of guanidine groups is 1. The smallest absolute Gasteiger partial charge is 0.226 e. The van der Waals surface area contributed by atoms with Crippen molar-refractivity contribution in [1.82, 2.24) is 20.4 Å². The van der Waals surface area contributed by atoms with Crippen LogP contribution in [0.25, 0.3) is 0 Å². The second-order valence-corrected chi connectivity index (χ2v) is 7.12. The molecule has 3 rings (SSSR count). The monoisotopic (exact) mass is 349 g/mol. The predicted molar refractivity (Wildman–Crippen MR) is 96.7 cm³/mol. The Morgan fingerprint density at radius 1 is 1.32 bits per heavy atom. The van der Waals surface area contributed by atoms with Gasteiger partial charge in [0.25, 0.3) is 0 Å². The van der Waals surface area contributed by atoms with Gasteiger partial charge in [-0.25, -0.2) is 0 Å². The van der Waals surface area contributed by atoms with Gasteiger partial charge in [0.2, 0.25) is 5.89 Å². The number of likely N-dealkylation sites (tertiary alicyclic amines) is 1. The molecule has 2 saturated heterocycles. The molecular formula is C18H31N5O2. The van der Waals surface area contributed by atoms with Crippen molar-refractivity contribution in [2.45, 2.75) is 52.4 Å². The predicted octanol–water partition coefficient (Wildman–Crippen LogP) is 2.03. The van der Waals surface area contributed by atoms with Crippen LogP contribution in [0.3, 0.4) is 0 Å². The fourth-order valence-corrected chi connectivity index (χ4v) is 3.84. The summed E-state index contributed by atoms with van der Waals surface area (Å²) in [7, 11) is 0. The van der Waals surface area contributed by atoms with E-state index in [1.807, 2.05) is 6.92 Å². The fraction of sp³-hybridized carbons (Fsp3) is 0.833. The molecule has 1 aromatic heterocycles. The van der Waals surface area contributed by atoms with Gasteiger partial charge in [-0.15, -0.1) is 0 Å². The van der Waals surface area contributed by atoms with E-state index < -0.39 is 0 Å². The Hall–Kier alpha value is -1.63. The zero-order valence-electron chi connectivity index (χ0n) is 15.6. The van der Waals surface area contributed by atoms with Crippen LogP contribution < -0.4 is 5.32 Å². The van der Waals surface area contributed by atoms with Gasteiger partial charge >= 0.3 is 0 Å². The number of piperidine rings is 1.